The van der Waals surface area contributed by atoms with E-state index in [0.717, 1.165) is 22.7 Å². The Kier molecular flexibility index (Phi) is 8.55. The summed E-state index contributed by atoms with van der Waals surface area (Å²) in [5.74, 6) is 0. The highest BCUT2D eigenvalue weighted by atomic mass is 15.1. The smallest absolute Gasteiger partial charge is 0.0541 e. The van der Waals surface area contributed by atoms with E-state index in [1.807, 2.05) is 0 Å². The van der Waals surface area contributed by atoms with Gasteiger partial charge >= 0.3 is 0 Å². The Hall–Kier alpha value is -7.94. The standard InChI is InChI=1S/C61H44N2/c1-61(2)57-22-8-5-19-53(57)54-36-31-48(39-58(54)61)43-29-34-50(35-30-43)62(51-17-12-18-52(40-51)63-59-23-9-6-20-55(59)56-21-7-10-24-60(56)63)49-32-27-42(28-33-49)45-15-11-16-46(37-45)47-26-25-41-13-3-4-14-44(41)38-47/h3-40H,1-2H3. The molecule has 0 fully saturated rings. The van der Waals surface area contributed by atoms with Gasteiger partial charge in [-0.05, 0) is 139 Å². The first-order valence-electron chi connectivity index (χ1n) is 21.9. The molecule has 0 aliphatic heterocycles. The maximum absolute atomic E-state index is 2.41. The Morgan fingerprint density at radius 3 is 1.57 bits per heavy atom. The first kappa shape index (κ1) is 36.9. The minimum absolute atomic E-state index is 0.0516. The Morgan fingerprint density at radius 1 is 0.333 bits per heavy atom. The van der Waals surface area contributed by atoms with E-state index < -0.39 is 0 Å². The van der Waals surface area contributed by atoms with Crippen LogP contribution in [0.3, 0.4) is 0 Å². The van der Waals surface area contributed by atoms with Gasteiger partial charge in [0.15, 0.2) is 0 Å². The zero-order chi connectivity index (χ0) is 42.1. The van der Waals surface area contributed by atoms with Crippen molar-refractivity contribution in [1.82, 2.24) is 4.57 Å². The van der Waals surface area contributed by atoms with Crippen LogP contribution in [0.1, 0.15) is 25.0 Å². The molecule has 0 spiro atoms. The van der Waals surface area contributed by atoms with Crippen molar-refractivity contribution in [1.29, 1.82) is 0 Å². The van der Waals surface area contributed by atoms with E-state index in [1.165, 1.54) is 88.2 Å². The molecule has 2 heteroatoms. The summed E-state index contributed by atoms with van der Waals surface area (Å²) < 4.78 is 2.40. The summed E-state index contributed by atoms with van der Waals surface area (Å²) >= 11 is 0. The average Bonchev–Trinajstić information content (AvgIpc) is 3.80. The normalized spacial score (nSPS) is 12.7. The number of benzene rings is 10. The van der Waals surface area contributed by atoms with Crippen molar-refractivity contribution in [3.63, 3.8) is 0 Å². The topological polar surface area (TPSA) is 8.17 Å². The van der Waals surface area contributed by atoms with E-state index in [0.29, 0.717) is 0 Å². The highest BCUT2D eigenvalue weighted by Gasteiger charge is 2.35. The van der Waals surface area contributed by atoms with Crippen LogP contribution in [0.4, 0.5) is 17.1 Å². The first-order chi connectivity index (χ1) is 31.0. The van der Waals surface area contributed by atoms with Gasteiger partial charge < -0.3 is 9.47 Å². The molecular weight excluding hydrogens is 761 g/mol. The molecule has 0 radical (unpaired) electrons. The quantitative estimate of drug-likeness (QED) is 0.156. The molecule has 0 saturated heterocycles. The second-order valence-electron chi connectivity index (χ2n) is 17.4. The summed E-state index contributed by atoms with van der Waals surface area (Å²) in [6.45, 7) is 4.70. The lowest BCUT2D eigenvalue weighted by Crippen LogP contribution is -2.14. The average molecular weight is 805 g/mol. The Morgan fingerprint density at radius 2 is 0.857 bits per heavy atom. The molecule has 1 heterocycles. The molecule has 298 valence electrons. The Bertz CT molecular complexity index is 3480. The second-order valence-corrected chi connectivity index (χ2v) is 17.4. The fourth-order valence-corrected chi connectivity index (χ4v) is 10.2. The SMILES string of the molecule is CC1(C)c2ccccc2-c2ccc(-c3ccc(N(c4ccc(-c5cccc(-c6ccc7ccccc7c6)c5)cc4)c4cccc(-n5c6ccccc6c6ccccc65)c4)cc3)cc21. The van der Waals surface area contributed by atoms with Gasteiger partial charge in [0, 0.05) is 38.9 Å². The van der Waals surface area contributed by atoms with Crippen LogP contribution in [0.2, 0.25) is 0 Å². The number of aromatic nitrogens is 1. The lowest BCUT2D eigenvalue weighted by Gasteiger charge is -2.27. The molecule has 12 rings (SSSR count). The van der Waals surface area contributed by atoms with Crippen molar-refractivity contribution in [3.05, 3.63) is 242 Å². The van der Waals surface area contributed by atoms with Crippen molar-refractivity contribution in [2.24, 2.45) is 0 Å². The number of para-hydroxylation sites is 2. The van der Waals surface area contributed by atoms with Gasteiger partial charge in [-0.1, -0.05) is 172 Å². The number of hydrogen-bond donors (Lipinski definition) is 0. The van der Waals surface area contributed by atoms with E-state index >= 15 is 0 Å². The van der Waals surface area contributed by atoms with Crippen molar-refractivity contribution in [2.45, 2.75) is 19.3 Å². The van der Waals surface area contributed by atoms with Crippen molar-refractivity contribution in [2.75, 3.05) is 4.90 Å². The minimum atomic E-state index is -0.0516. The monoisotopic (exact) mass is 804 g/mol. The molecule has 0 bridgehead atoms. The number of fused-ring (bicyclic) bond motifs is 7. The summed E-state index contributed by atoms with van der Waals surface area (Å²) in [4.78, 5) is 2.39. The number of hydrogen-bond acceptors (Lipinski definition) is 1. The van der Waals surface area contributed by atoms with E-state index in [-0.39, 0.29) is 5.41 Å². The largest absolute Gasteiger partial charge is 0.310 e. The van der Waals surface area contributed by atoms with Crippen LogP contribution >= 0.6 is 0 Å². The van der Waals surface area contributed by atoms with Gasteiger partial charge in [-0.15, -0.1) is 0 Å². The molecule has 1 aliphatic carbocycles. The van der Waals surface area contributed by atoms with Crippen molar-refractivity contribution in [3.8, 4) is 50.2 Å². The maximum atomic E-state index is 2.41. The number of nitrogens with zero attached hydrogens (tertiary/aromatic N) is 2. The maximum Gasteiger partial charge on any atom is 0.0541 e. The molecule has 1 aliphatic rings. The highest BCUT2D eigenvalue weighted by Crippen LogP contribution is 2.50. The molecule has 10 aromatic carbocycles. The van der Waals surface area contributed by atoms with Crippen molar-refractivity contribution >= 4 is 49.6 Å². The molecule has 1 aromatic heterocycles. The summed E-state index contributed by atoms with van der Waals surface area (Å²) in [6, 6.07) is 84.6. The molecule has 0 unspecified atom stereocenters. The molecule has 11 aromatic rings. The fourth-order valence-electron chi connectivity index (χ4n) is 10.2. The Labute approximate surface area is 368 Å². The predicted octanol–water partition coefficient (Wildman–Crippen LogP) is 16.7. The van der Waals surface area contributed by atoms with Crippen LogP contribution in [-0.4, -0.2) is 4.57 Å². The lowest BCUT2D eigenvalue weighted by atomic mass is 9.81. The molecule has 0 N–H and O–H groups in total. The lowest BCUT2D eigenvalue weighted by molar-refractivity contribution is 0.660. The molecule has 63 heavy (non-hydrogen) atoms. The Balaban J connectivity index is 0.942. The first-order valence-corrected chi connectivity index (χ1v) is 21.9. The third-order valence-electron chi connectivity index (χ3n) is 13.4. The molecular formula is C61H44N2. The van der Waals surface area contributed by atoms with E-state index in [1.54, 1.807) is 0 Å². The van der Waals surface area contributed by atoms with Crippen LogP contribution in [0.15, 0.2) is 231 Å². The third kappa shape index (κ3) is 6.17. The minimum Gasteiger partial charge on any atom is -0.310 e. The predicted molar refractivity (Wildman–Crippen MR) is 267 cm³/mol. The molecule has 0 saturated carbocycles. The number of anilines is 3. The summed E-state index contributed by atoms with van der Waals surface area (Å²) in [7, 11) is 0. The van der Waals surface area contributed by atoms with Gasteiger partial charge in [0.2, 0.25) is 0 Å². The van der Waals surface area contributed by atoms with Gasteiger partial charge in [-0.3, -0.25) is 0 Å². The zero-order valence-corrected chi connectivity index (χ0v) is 35.3. The number of rotatable bonds is 7. The summed E-state index contributed by atoms with van der Waals surface area (Å²) in [5, 5.41) is 5.02. The van der Waals surface area contributed by atoms with Gasteiger partial charge in [0.25, 0.3) is 0 Å². The van der Waals surface area contributed by atoms with Gasteiger partial charge in [0.05, 0.1) is 11.0 Å². The van der Waals surface area contributed by atoms with E-state index in [9.17, 15) is 0 Å². The highest BCUT2D eigenvalue weighted by molar-refractivity contribution is 6.09. The second kappa shape index (κ2) is 14.6. The van der Waals surface area contributed by atoms with Crippen LogP contribution < -0.4 is 4.90 Å². The van der Waals surface area contributed by atoms with Crippen LogP contribution in [0, 0.1) is 0 Å². The molecule has 2 nitrogen and oxygen atoms in total. The zero-order valence-electron chi connectivity index (χ0n) is 35.3. The van der Waals surface area contributed by atoms with Gasteiger partial charge in [-0.25, -0.2) is 0 Å². The molecule has 0 amide bonds. The van der Waals surface area contributed by atoms with Gasteiger partial charge in [0.1, 0.15) is 0 Å². The van der Waals surface area contributed by atoms with Crippen LogP contribution in [0.25, 0.3) is 82.8 Å². The fraction of sp³-hybridized carbons (Fsp3) is 0.0492. The third-order valence-corrected chi connectivity index (χ3v) is 13.4. The van der Waals surface area contributed by atoms with Crippen molar-refractivity contribution < 1.29 is 0 Å². The van der Waals surface area contributed by atoms with Crippen LogP contribution in [-0.2, 0) is 5.41 Å². The van der Waals surface area contributed by atoms with Gasteiger partial charge in [-0.2, -0.15) is 0 Å². The van der Waals surface area contributed by atoms with E-state index in [2.05, 4.69) is 254 Å². The summed E-state index contributed by atoms with van der Waals surface area (Å²) in [5.41, 5.74) is 19.4. The summed E-state index contributed by atoms with van der Waals surface area (Å²) in [6.07, 6.45) is 0. The van der Waals surface area contributed by atoms with E-state index in [4.69, 9.17) is 0 Å². The molecule has 0 atom stereocenters. The van der Waals surface area contributed by atoms with Crippen LogP contribution in [0.5, 0.6) is 0 Å².